The Morgan fingerprint density at radius 1 is 1.43 bits per heavy atom. The van der Waals surface area contributed by atoms with E-state index in [0.717, 1.165) is 16.7 Å². The molecule has 1 heterocycles. The topological polar surface area (TPSA) is 89.7 Å². The van der Waals surface area contributed by atoms with Crippen molar-refractivity contribution < 1.29 is 23.5 Å². The molecule has 0 unspecified atom stereocenters. The van der Waals surface area contributed by atoms with Gasteiger partial charge in [-0.25, -0.2) is 9.29 Å². The zero-order chi connectivity index (χ0) is 17.0. The summed E-state index contributed by atoms with van der Waals surface area (Å²) < 4.78 is 17.7. The summed E-state index contributed by atoms with van der Waals surface area (Å²) >= 11 is 1.15. The molecule has 1 aliphatic rings. The molecular weight excluding hydrogens is 323 g/mol. The van der Waals surface area contributed by atoms with Crippen LogP contribution in [0.25, 0.3) is 0 Å². The Bertz CT molecular complexity index is 608. The van der Waals surface area contributed by atoms with Crippen molar-refractivity contribution in [2.75, 3.05) is 17.3 Å². The van der Waals surface area contributed by atoms with Crippen molar-refractivity contribution in [1.82, 2.24) is 0 Å². The Labute approximate surface area is 137 Å². The first-order valence-electron chi connectivity index (χ1n) is 7.10. The molecule has 2 atom stereocenters. The molecule has 2 rings (SSSR count). The SMILES string of the molecule is CCOC(=O)[C@@H](N)CS[C@H]1CC(=O)N(c2ccc(F)cc2)C1=O. The summed E-state index contributed by atoms with van der Waals surface area (Å²) in [7, 11) is 0. The highest BCUT2D eigenvalue weighted by molar-refractivity contribution is 8.00. The van der Waals surface area contributed by atoms with Gasteiger partial charge in [0.15, 0.2) is 0 Å². The molecule has 0 aliphatic carbocycles. The highest BCUT2D eigenvalue weighted by Gasteiger charge is 2.40. The summed E-state index contributed by atoms with van der Waals surface area (Å²) in [6.07, 6.45) is 0.0242. The minimum atomic E-state index is -0.845. The lowest BCUT2D eigenvalue weighted by atomic mass is 10.3. The van der Waals surface area contributed by atoms with Crippen LogP contribution < -0.4 is 10.6 Å². The molecule has 1 aromatic carbocycles. The summed E-state index contributed by atoms with van der Waals surface area (Å²) in [4.78, 5) is 36.9. The number of rotatable bonds is 6. The lowest BCUT2D eigenvalue weighted by molar-refractivity contribution is -0.144. The van der Waals surface area contributed by atoms with Crippen molar-refractivity contribution in [3.05, 3.63) is 30.1 Å². The van der Waals surface area contributed by atoms with E-state index >= 15 is 0 Å². The van der Waals surface area contributed by atoms with Crippen molar-refractivity contribution in [3.8, 4) is 0 Å². The van der Waals surface area contributed by atoms with E-state index in [9.17, 15) is 18.8 Å². The highest BCUT2D eigenvalue weighted by atomic mass is 32.2. The van der Waals surface area contributed by atoms with Gasteiger partial charge in [0.2, 0.25) is 11.8 Å². The molecule has 1 saturated heterocycles. The van der Waals surface area contributed by atoms with E-state index in [1.165, 1.54) is 24.3 Å². The first-order chi connectivity index (χ1) is 10.9. The van der Waals surface area contributed by atoms with Gasteiger partial charge in [0, 0.05) is 12.2 Å². The Balaban J connectivity index is 1.98. The zero-order valence-corrected chi connectivity index (χ0v) is 13.3. The number of ether oxygens (including phenoxy) is 1. The van der Waals surface area contributed by atoms with E-state index in [0.29, 0.717) is 5.69 Å². The molecule has 1 aliphatic heterocycles. The maximum atomic E-state index is 12.9. The quantitative estimate of drug-likeness (QED) is 0.616. The smallest absolute Gasteiger partial charge is 0.323 e. The maximum Gasteiger partial charge on any atom is 0.323 e. The van der Waals surface area contributed by atoms with Gasteiger partial charge in [-0.05, 0) is 31.2 Å². The van der Waals surface area contributed by atoms with Crippen LogP contribution in [0.2, 0.25) is 0 Å². The molecule has 2 amide bonds. The Hall–Kier alpha value is -1.93. The summed E-state index contributed by atoms with van der Waals surface area (Å²) in [5.74, 6) is -1.54. The first-order valence-corrected chi connectivity index (χ1v) is 8.15. The van der Waals surface area contributed by atoms with Gasteiger partial charge >= 0.3 is 5.97 Å². The number of amides is 2. The number of carbonyl (C=O) groups is 3. The second kappa shape index (κ2) is 7.56. The molecule has 0 radical (unpaired) electrons. The van der Waals surface area contributed by atoms with Gasteiger partial charge in [-0.2, -0.15) is 0 Å². The van der Waals surface area contributed by atoms with Crippen molar-refractivity contribution in [2.45, 2.75) is 24.6 Å². The Morgan fingerprint density at radius 2 is 2.09 bits per heavy atom. The van der Waals surface area contributed by atoms with Gasteiger partial charge < -0.3 is 10.5 Å². The summed E-state index contributed by atoms with van der Waals surface area (Å²) in [5, 5.41) is -0.604. The fraction of sp³-hybridized carbons (Fsp3) is 0.400. The van der Waals surface area contributed by atoms with Crippen LogP contribution >= 0.6 is 11.8 Å². The van der Waals surface area contributed by atoms with Crippen molar-refractivity contribution in [2.24, 2.45) is 5.73 Å². The average molecular weight is 340 g/mol. The van der Waals surface area contributed by atoms with E-state index in [2.05, 4.69) is 0 Å². The van der Waals surface area contributed by atoms with Crippen LogP contribution in [0.15, 0.2) is 24.3 Å². The first kappa shape index (κ1) is 17.4. The minimum Gasteiger partial charge on any atom is -0.465 e. The Kier molecular flexibility index (Phi) is 5.73. The van der Waals surface area contributed by atoms with Crippen LogP contribution in [0.4, 0.5) is 10.1 Å². The standard InChI is InChI=1S/C15H17FN2O4S/c1-2-22-15(21)11(17)8-23-12-7-13(19)18(14(12)20)10-5-3-9(16)4-6-10/h3-6,11-12H,2,7-8,17H2,1H3/t11-,12-/m0/s1. The number of nitrogens with two attached hydrogens (primary N) is 1. The van der Waals surface area contributed by atoms with E-state index in [4.69, 9.17) is 10.5 Å². The predicted molar refractivity (Wildman–Crippen MR) is 84.4 cm³/mol. The third-order valence-electron chi connectivity index (χ3n) is 3.26. The lowest BCUT2D eigenvalue weighted by Crippen LogP contribution is -2.36. The predicted octanol–water partition coefficient (Wildman–Crippen LogP) is 1.08. The van der Waals surface area contributed by atoms with Gasteiger partial charge in [0.1, 0.15) is 11.9 Å². The second-order valence-corrected chi connectivity index (χ2v) is 6.16. The summed E-state index contributed by atoms with van der Waals surface area (Å²) in [6.45, 7) is 1.91. The number of hydrogen-bond acceptors (Lipinski definition) is 6. The molecule has 0 bridgehead atoms. The summed E-state index contributed by atoms with van der Waals surface area (Å²) in [5.41, 5.74) is 6.01. The monoisotopic (exact) mass is 340 g/mol. The second-order valence-electron chi connectivity index (χ2n) is 4.93. The number of esters is 1. The summed E-state index contributed by atoms with van der Waals surface area (Å²) in [6, 6.07) is 4.29. The van der Waals surface area contributed by atoms with Crippen LogP contribution in [0, 0.1) is 5.82 Å². The van der Waals surface area contributed by atoms with Gasteiger partial charge in [0.05, 0.1) is 17.5 Å². The minimum absolute atomic E-state index is 0.0242. The van der Waals surface area contributed by atoms with Crippen LogP contribution in [0.3, 0.4) is 0 Å². The molecule has 0 saturated carbocycles. The van der Waals surface area contributed by atoms with Crippen molar-refractivity contribution >= 4 is 35.2 Å². The number of thioether (sulfide) groups is 1. The maximum absolute atomic E-state index is 12.9. The van der Waals surface area contributed by atoms with Crippen LogP contribution in [0.5, 0.6) is 0 Å². The molecule has 8 heteroatoms. The lowest BCUT2D eigenvalue weighted by Gasteiger charge is -2.15. The van der Waals surface area contributed by atoms with Crippen molar-refractivity contribution in [1.29, 1.82) is 0 Å². The van der Waals surface area contributed by atoms with Crippen LogP contribution in [-0.4, -0.2) is 41.4 Å². The van der Waals surface area contributed by atoms with Gasteiger partial charge in [-0.15, -0.1) is 11.8 Å². The number of carbonyl (C=O) groups excluding carboxylic acids is 3. The molecule has 124 valence electrons. The van der Waals surface area contributed by atoms with Gasteiger partial charge in [-0.1, -0.05) is 0 Å². The van der Waals surface area contributed by atoms with E-state index in [1.54, 1.807) is 6.92 Å². The van der Waals surface area contributed by atoms with E-state index in [-0.39, 0.29) is 30.6 Å². The molecule has 1 aromatic rings. The van der Waals surface area contributed by atoms with E-state index < -0.39 is 23.1 Å². The van der Waals surface area contributed by atoms with Gasteiger partial charge in [0.25, 0.3) is 0 Å². The molecule has 2 N–H and O–H groups in total. The van der Waals surface area contributed by atoms with Crippen molar-refractivity contribution in [3.63, 3.8) is 0 Å². The normalized spacial score (nSPS) is 19.1. The fourth-order valence-corrected chi connectivity index (χ4v) is 3.22. The van der Waals surface area contributed by atoms with Crippen LogP contribution in [0.1, 0.15) is 13.3 Å². The average Bonchev–Trinajstić information content (AvgIpc) is 2.80. The number of nitrogens with zero attached hydrogens (tertiary/aromatic N) is 1. The third-order valence-corrected chi connectivity index (χ3v) is 4.58. The van der Waals surface area contributed by atoms with Crippen LogP contribution in [-0.2, 0) is 19.1 Å². The number of benzene rings is 1. The number of anilines is 1. The molecule has 1 fully saturated rings. The highest BCUT2D eigenvalue weighted by Crippen LogP contribution is 2.30. The Morgan fingerprint density at radius 3 is 2.70 bits per heavy atom. The molecule has 6 nitrogen and oxygen atoms in total. The fourth-order valence-electron chi connectivity index (χ4n) is 2.13. The molecule has 23 heavy (non-hydrogen) atoms. The molecule has 0 aromatic heterocycles. The largest absolute Gasteiger partial charge is 0.465 e. The molecular formula is C15H17FN2O4S. The van der Waals surface area contributed by atoms with Gasteiger partial charge in [-0.3, -0.25) is 14.4 Å². The third kappa shape index (κ3) is 4.08. The zero-order valence-electron chi connectivity index (χ0n) is 12.5. The number of imide groups is 1. The number of halogens is 1. The van der Waals surface area contributed by atoms with E-state index in [1.807, 2.05) is 0 Å². The number of hydrogen-bond donors (Lipinski definition) is 1. The molecule has 0 spiro atoms.